The zero-order valence-corrected chi connectivity index (χ0v) is 15.1. The summed E-state index contributed by atoms with van der Waals surface area (Å²) in [5.74, 6) is -2.27. The predicted molar refractivity (Wildman–Crippen MR) is 93.4 cm³/mol. The highest BCUT2D eigenvalue weighted by atomic mass is 19.4. The second kappa shape index (κ2) is 7.81. The first-order valence-corrected chi connectivity index (χ1v) is 8.48. The van der Waals surface area contributed by atoms with Crippen molar-refractivity contribution in [2.45, 2.75) is 24.7 Å². The summed E-state index contributed by atoms with van der Waals surface area (Å²) in [5.41, 5.74) is 3.58. The fraction of sp³-hybridized carbons (Fsp3) is 0.211. The molecule has 2 aromatic carbocycles. The summed E-state index contributed by atoms with van der Waals surface area (Å²) in [6.07, 6.45) is -7.26. The van der Waals surface area contributed by atoms with Gasteiger partial charge in [-0.05, 0) is 41.8 Å². The number of primary amides is 1. The van der Waals surface area contributed by atoms with E-state index in [0.717, 1.165) is 36.4 Å². The van der Waals surface area contributed by atoms with Crippen LogP contribution in [0.15, 0.2) is 55.1 Å². The van der Waals surface area contributed by atoms with Crippen molar-refractivity contribution in [3.63, 3.8) is 0 Å². The summed E-state index contributed by atoms with van der Waals surface area (Å²) in [7, 11) is 0. The van der Waals surface area contributed by atoms with Crippen molar-refractivity contribution in [1.82, 2.24) is 14.8 Å². The zero-order valence-electron chi connectivity index (χ0n) is 15.1. The summed E-state index contributed by atoms with van der Waals surface area (Å²) in [4.78, 5) is 15.8. The minimum atomic E-state index is -4.66. The lowest BCUT2D eigenvalue weighted by Crippen LogP contribution is -2.24. The second-order valence-electron chi connectivity index (χ2n) is 6.46. The van der Waals surface area contributed by atoms with Gasteiger partial charge in [0.25, 0.3) is 0 Å². The zero-order chi connectivity index (χ0) is 22.1. The van der Waals surface area contributed by atoms with Crippen LogP contribution in [0.5, 0.6) is 0 Å². The number of nitrogens with two attached hydrogens (primary N) is 1. The van der Waals surface area contributed by atoms with E-state index >= 15 is 0 Å². The van der Waals surface area contributed by atoms with E-state index in [2.05, 4.69) is 10.1 Å². The van der Waals surface area contributed by atoms with Crippen molar-refractivity contribution in [2.24, 2.45) is 5.73 Å². The van der Waals surface area contributed by atoms with E-state index in [0.29, 0.717) is 0 Å². The molecule has 0 aliphatic carbocycles. The van der Waals surface area contributed by atoms with Gasteiger partial charge in [-0.25, -0.2) is 9.67 Å². The largest absolute Gasteiger partial charge is 0.416 e. The molecule has 1 amide bonds. The highest BCUT2D eigenvalue weighted by Crippen LogP contribution is 2.35. The van der Waals surface area contributed by atoms with E-state index < -0.39 is 35.3 Å². The molecule has 1 heterocycles. The fourth-order valence-corrected chi connectivity index (χ4v) is 3.02. The lowest BCUT2D eigenvalue weighted by Gasteiger charge is -2.19. The van der Waals surface area contributed by atoms with Gasteiger partial charge in [-0.2, -0.15) is 31.4 Å². The van der Waals surface area contributed by atoms with Crippen molar-refractivity contribution in [1.29, 1.82) is 0 Å². The molecular weight excluding hydrogens is 414 g/mol. The molecule has 3 aromatic rings. The second-order valence-corrected chi connectivity index (χ2v) is 6.46. The summed E-state index contributed by atoms with van der Waals surface area (Å²) >= 11 is 0. The highest BCUT2D eigenvalue weighted by molar-refractivity contribution is 5.82. The van der Waals surface area contributed by atoms with Gasteiger partial charge in [0.15, 0.2) is 0 Å². The number of aromatic nitrogens is 3. The molecule has 1 aromatic heterocycles. The lowest BCUT2D eigenvalue weighted by molar-refractivity contribution is -0.138. The van der Waals surface area contributed by atoms with Crippen molar-refractivity contribution in [3.05, 3.63) is 77.4 Å². The fourth-order valence-electron chi connectivity index (χ4n) is 3.02. The molecule has 0 aliphatic rings. The molecule has 3 rings (SSSR count). The SMILES string of the molecule is NC(=O)C(Cc1cc(C(F)(F)F)ccc1-n1cncn1)c1cccc(C(F)(F)F)c1. The number of amides is 1. The number of carbonyl (C=O) groups is 1. The van der Waals surface area contributed by atoms with E-state index in [9.17, 15) is 31.1 Å². The molecular formula is C19H14F6N4O. The Labute approximate surface area is 166 Å². The molecule has 0 fully saturated rings. The lowest BCUT2D eigenvalue weighted by atomic mass is 9.89. The Morgan fingerprint density at radius 2 is 1.67 bits per heavy atom. The Bertz CT molecular complexity index is 1040. The first kappa shape index (κ1) is 21.3. The molecule has 11 heteroatoms. The molecule has 0 aliphatic heterocycles. The molecule has 0 bridgehead atoms. The van der Waals surface area contributed by atoms with Gasteiger partial charge < -0.3 is 5.73 Å². The first-order chi connectivity index (χ1) is 14.0. The van der Waals surface area contributed by atoms with E-state index in [-0.39, 0.29) is 23.2 Å². The highest BCUT2D eigenvalue weighted by Gasteiger charge is 2.33. The first-order valence-electron chi connectivity index (χ1n) is 8.48. The summed E-state index contributed by atoms with van der Waals surface area (Å²) < 4.78 is 79.9. The Balaban J connectivity index is 2.08. The van der Waals surface area contributed by atoms with E-state index in [1.165, 1.54) is 23.4 Å². The van der Waals surface area contributed by atoms with E-state index in [1.807, 2.05) is 0 Å². The van der Waals surface area contributed by atoms with Crippen LogP contribution in [0.25, 0.3) is 5.69 Å². The molecule has 0 spiro atoms. The minimum absolute atomic E-state index is 0.0246. The normalized spacial score (nSPS) is 13.3. The molecule has 0 radical (unpaired) electrons. The maximum atomic E-state index is 13.2. The average Bonchev–Trinajstić information content (AvgIpc) is 3.19. The number of benzene rings is 2. The standard InChI is InChI=1S/C19H14F6N4O/c20-18(21,22)13-3-1-2-11(6-13)15(17(26)30)8-12-7-14(19(23,24)25)4-5-16(12)29-10-27-9-28-29/h1-7,9-10,15H,8H2,(H2,26,30). The van der Waals surface area contributed by atoms with Crippen LogP contribution in [0.4, 0.5) is 26.3 Å². The number of halogens is 6. The van der Waals surface area contributed by atoms with Gasteiger partial charge in [-0.1, -0.05) is 18.2 Å². The predicted octanol–water partition coefficient (Wildman–Crippen LogP) is 4.12. The van der Waals surface area contributed by atoms with Crippen LogP contribution in [-0.4, -0.2) is 20.7 Å². The maximum Gasteiger partial charge on any atom is 0.416 e. The summed E-state index contributed by atoms with van der Waals surface area (Å²) in [6.45, 7) is 0. The molecule has 0 saturated carbocycles. The number of alkyl halides is 6. The number of carbonyl (C=O) groups excluding carboxylic acids is 1. The molecule has 1 atom stereocenters. The number of hydrogen-bond acceptors (Lipinski definition) is 3. The van der Waals surface area contributed by atoms with Gasteiger partial charge in [-0.3, -0.25) is 4.79 Å². The van der Waals surface area contributed by atoms with Crippen LogP contribution in [0.2, 0.25) is 0 Å². The van der Waals surface area contributed by atoms with Crippen molar-refractivity contribution < 1.29 is 31.1 Å². The van der Waals surface area contributed by atoms with Crippen molar-refractivity contribution in [2.75, 3.05) is 0 Å². The third-order valence-corrected chi connectivity index (χ3v) is 4.46. The van der Waals surface area contributed by atoms with Crippen LogP contribution in [0, 0.1) is 0 Å². The van der Waals surface area contributed by atoms with Gasteiger partial charge in [0.05, 0.1) is 22.7 Å². The van der Waals surface area contributed by atoms with Crippen LogP contribution in [0.3, 0.4) is 0 Å². The number of rotatable bonds is 5. The summed E-state index contributed by atoms with van der Waals surface area (Å²) in [5, 5.41) is 3.87. The summed E-state index contributed by atoms with van der Waals surface area (Å²) in [6, 6.07) is 6.78. The Hall–Kier alpha value is -3.37. The average molecular weight is 428 g/mol. The van der Waals surface area contributed by atoms with Crippen LogP contribution >= 0.6 is 0 Å². The smallest absolute Gasteiger partial charge is 0.369 e. The van der Waals surface area contributed by atoms with Crippen LogP contribution in [-0.2, 0) is 23.6 Å². The van der Waals surface area contributed by atoms with Gasteiger partial charge >= 0.3 is 12.4 Å². The number of nitrogens with zero attached hydrogens (tertiary/aromatic N) is 3. The molecule has 2 N–H and O–H groups in total. The van der Waals surface area contributed by atoms with Gasteiger partial charge in [0.1, 0.15) is 12.7 Å². The minimum Gasteiger partial charge on any atom is -0.369 e. The van der Waals surface area contributed by atoms with Crippen molar-refractivity contribution >= 4 is 5.91 Å². The topological polar surface area (TPSA) is 73.8 Å². The van der Waals surface area contributed by atoms with E-state index in [1.54, 1.807) is 0 Å². The van der Waals surface area contributed by atoms with E-state index in [4.69, 9.17) is 5.73 Å². The Morgan fingerprint density at radius 3 is 2.23 bits per heavy atom. The van der Waals surface area contributed by atoms with Gasteiger partial charge in [0.2, 0.25) is 5.91 Å². The monoisotopic (exact) mass is 428 g/mol. The van der Waals surface area contributed by atoms with Gasteiger partial charge in [-0.15, -0.1) is 0 Å². The molecule has 0 saturated heterocycles. The number of hydrogen-bond donors (Lipinski definition) is 1. The quantitative estimate of drug-likeness (QED) is 0.622. The molecule has 158 valence electrons. The maximum absolute atomic E-state index is 13.2. The molecule has 5 nitrogen and oxygen atoms in total. The Kier molecular flexibility index (Phi) is 5.55. The third-order valence-electron chi connectivity index (χ3n) is 4.46. The van der Waals surface area contributed by atoms with Crippen molar-refractivity contribution in [3.8, 4) is 5.69 Å². The van der Waals surface area contributed by atoms with Crippen LogP contribution in [0.1, 0.15) is 28.2 Å². The molecule has 30 heavy (non-hydrogen) atoms. The third kappa shape index (κ3) is 4.61. The van der Waals surface area contributed by atoms with Crippen LogP contribution < -0.4 is 5.73 Å². The Morgan fingerprint density at radius 1 is 1.00 bits per heavy atom. The van der Waals surface area contributed by atoms with Gasteiger partial charge in [0, 0.05) is 0 Å². The molecule has 1 unspecified atom stereocenters.